The summed E-state index contributed by atoms with van der Waals surface area (Å²) in [5, 5.41) is 3.72. The molecule has 3 fully saturated rings. The standard InChI is InChI=1S/C13H27N3/c1-4-11(2)12(3)14-9-13-10-15-5-7-16(13)8-6-15/h11-14H,4-10H2,1-3H3/t11-,12+,13-/m0/s1. The van der Waals surface area contributed by atoms with Crippen molar-refractivity contribution in [1.29, 1.82) is 0 Å². The first-order valence-electron chi connectivity index (χ1n) is 6.90. The van der Waals surface area contributed by atoms with Crippen LogP contribution < -0.4 is 5.32 Å². The smallest absolute Gasteiger partial charge is 0.0349 e. The number of nitrogens with zero attached hydrogens (tertiary/aromatic N) is 2. The molecule has 3 atom stereocenters. The third kappa shape index (κ3) is 2.76. The van der Waals surface area contributed by atoms with Gasteiger partial charge in [0.1, 0.15) is 0 Å². The first-order valence-corrected chi connectivity index (χ1v) is 6.90. The van der Waals surface area contributed by atoms with Crippen LogP contribution in [0.3, 0.4) is 0 Å². The predicted molar refractivity (Wildman–Crippen MR) is 68.7 cm³/mol. The summed E-state index contributed by atoms with van der Waals surface area (Å²) in [7, 11) is 0. The minimum absolute atomic E-state index is 0.654. The highest BCUT2D eigenvalue weighted by Crippen LogP contribution is 2.15. The number of hydrogen-bond donors (Lipinski definition) is 1. The van der Waals surface area contributed by atoms with E-state index in [0.717, 1.165) is 12.0 Å². The minimum atomic E-state index is 0.654. The van der Waals surface area contributed by atoms with E-state index in [1.54, 1.807) is 0 Å². The lowest BCUT2D eigenvalue weighted by Crippen LogP contribution is -2.63. The molecular formula is C13H27N3. The Bertz CT molecular complexity index is 211. The van der Waals surface area contributed by atoms with Gasteiger partial charge in [0.15, 0.2) is 0 Å². The molecule has 1 N–H and O–H groups in total. The molecule has 0 aromatic heterocycles. The van der Waals surface area contributed by atoms with Gasteiger partial charge in [0.05, 0.1) is 0 Å². The molecule has 3 aliphatic heterocycles. The maximum Gasteiger partial charge on any atom is 0.0349 e. The fourth-order valence-corrected chi connectivity index (χ4v) is 2.79. The molecule has 3 aliphatic rings. The molecule has 3 nitrogen and oxygen atoms in total. The summed E-state index contributed by atoms with van der Waals surface area (Å²) in [6.07, 6.45) is 1.27. The van der Waals surface area contributed by atoms with Crippen molar-refractivity contribution >= 4 is 0 Å². The second-order valence-electron chi connectivity index (χ2n) is 5.57. The quantitative estimate of drug-likeness (QED) is 0.753. The molecule has 0 radical (unpaired) electrons. The third-order valence-electron chi connectivity index (χ3n) is 4.57. The molecule has 0 aliphatic carbocycles. The molecule has 3 saturated heterocycles. The highest BCUT2D eigenvalue weighted by Gasteiger charge is 2.31. The molecule has 3 heterocycles. The van der Waals surface area contributed by atoms with E-state index in [4.69, 9.17) is 0 Å². The summed E-state index contributed by atoms with van der Waals surface area (Å²) in [6.45, 7) is 14.5. The van der Waals surface area contributed by atoms with E-state index in [1.165, 1.54) is 45.7 Å². The van der Waals surface area contributed by atoms with Gasteiger partial charge in [0.25, 0.3) is 0 Å². The second kappa shape index (κ2) is 5.48. The van der Waals surface area contributed by atoms with Crippen molar-refractivity contribution in [3.63, 3.8) is 0 Å². The molecule has 16 heavy (non-hydrogen) atoms. The SMILES string of the molecule is CC[C@H](C)[C@@H](C)NC[C@H]1CN2CCN1CC2. The van der Waals surface area contributed by atoms with E-state index < -0.39 is 0 Å². The Labute approximate surface area is 100 Å². The average Bonchev–Trinajstić information content (AvgIpc) is 2.36. The maximum absolute atomic E-state index is 3.72. The van der Waals surface area contributed by atoms with E-state index in [1.807, 2.05) is 0 Å². The molecule has 0 saturated carbocycles. The van der Waals surface area contributed by atoms with Gasteiger partial charge in [-0.25, -0.2) is 0 Å². The van der Waals surface area contributed by atoms with Gasteiger partial charge < -0.3 is 5.32 Å². The summed E-state index contributed by atoms with van der Waals surface area (Å²) >= 11 is 0. The van der Waals surface area contributed by atoms with Crippen LogP contribution in [0.25, 0.3) is 0 Å². The van der Waals surface area contributed by atoms with Crippen LogP contribution in [-0.4, -0.2) is 61.2 Å². The van der Waals surface area contributed by atoms with Gasteiger partial charge in [0.2, 0.25) is 0 Å². The maximum atomic E-state index is 3.72. The normalized spacial score (nSPS) is 37.3. The molecule has 94 valence electrons. The lowest BCUT2D eigenvalue weighted by atomic mass is 10.00. The Morgan fingerprint density at radius 3 is 2.38 bits per heavy atom. The number of hydrogen-bond acceptors (Lipinski definition) is 3. The van der Waals surface area contributed by atoms with Crippen LogP contribution in [0.1, 0.15) is 27.2 Å². The molecule has 0 unspecified atom stereocenters. The number of piperazine rings is 3. The zero-order valence-electron chi connectivity index (χ0n) is 11.1. The lowest BCUT2D eigenvalue weighted by Gasteiger charge is -2.48. The fraction of sp³-hybridized carbons (Fsp3) is 1.00. The zero-order chi connectivity index (χ0) is 11.5. The molecule has 0 aromatic rings. The fourth-order valence-electron chi connectivity index (χ4n) is 2.79. The van der Waals surface area contributed by atoms with E-state index in [-0.39, 0.29) is 0 Å². The monoisotopic (exact) mass is 225 g/mol. The molecule has 0 amide bonds. The van der Waals surface area contributed by atoms with E-state index in [9.17, 15) is 0 Å². The van der Waals surface area contributed by atoms with Crippen molar-refractivity contribution in [2.45, 2.75) is 39.3 Å². The van der Waals surface area contributed by atoms with Crippen molar-refractivity contribution in [2.75, 3.05) is 39.3 Å². The Morgan fingerprint density at radius 1 is 1.19 bits per heavy atom. The summed E-state index contributed by atoms with van der Waals surface area (Å²) in [5.74, 6) is 0.788. The van der Waals surface area contributed by atoms with Crippen LogP contribution >= 0.6 is 0 Å². The average molecular weight is 225 g/mol. The molecule has 0 spiro atoms. The predicted octanol–water partition coefficient (Wildman–Crippen LogP) is 1.01. The van der Waals surface area contributed by atoms with Crippen molar-refractivity contribution in [3.8, 4) is 0 Å². The molecule has 2 bridgehead atoms. The van der Waals surface area contributed by atoms with Gasteiger partial charge in [0, 0.05) is 51.4 Å². The van der Waals surface area contributed by atoms with Gasteiger partial charge in [-0.15, -0.1) is 0 Å². The third-order valence-corrected chi connectivity index (χ3v) is 4.57. The molecule has 0 aromatic carbocycles. The Balaban J connectivity index is 1.74. The zero-order valence-corrected chi connectivity index (χ0v) is 11.1. The Kier molecular flexibility index (Phi) is 4.22. The van der Waals surface area contributed by atoms with Crippen LogP contribution in [0, 0.1) is 5.92 Å². The van der Waals surface area contributed by atoms with Crippen LogP contribution in [0.4, 0.5) is 0 Å². The van der Waals surface area contributed by atoms with Crippen molar-refractivity contribution < 1.29 is 0 Å². The van der Waals surface area contributed by atoms with Crippen LogP contribution in [0.2, 0.25) is 0 Å². The van der Waals surface area contributed by atoms with Crippen molar-refractivity contribution in [3.05, 3.63) is 0 Å². The minimum Gasteiger partial charge on any atom is -0.312 e. The number of fused-ring (bicyclic) bond motifs is 3. The Morgan fingerprint density at radius 2 is 1.88 bits per heavy atom. The van der Waals surface area contributed by atoms with Gasteiger partial charge in [-0.3, -0.25) is 9.80 Å². The molecule has 3 rings (SSSR count). The summed E-state index contributed by atoms with van der Waals surface area (Å²) in [5.41, 5.74) is 0. The number of rotatable bonds is 5. The molecular weight excluding hydrogens is 198 g/mol. The van der Waals surface area contributed by atoms with Gasteiger partial charge >= 0.3 is 0 Å². The van der Waals surface area contributed by atoms with E-state index >= 15 is 0 Å². The summed E-state index contributed by atoms with van der Waals surface area (Å²) in [4.78, 5) is 5.27. The van der Waals surface area contributed by atoms with Gasteiger partial charge in [-0.2, -0.15) is 0 Å². The topological polar surface area (TPSA) is 18.5 Å². The molecule has 3 heteroatoms. The van der Waals surface area contributed by atoms with E-state index in [2.05, 4.69) is 35.9 Å². The first kappa shape index (κ1) is 12.3. The summed E-state index contributed by atoms with van der Waals surface area (Å²) < 4.78 is 0. The van der Waals surface area contributed by atoms with Gasteiger partial charge in [-0.1, -0.05) is 20.3 Å². The number of nitrogens with one attached hydrogen (secondary N) is 1. The highest BCUT2D eigenvalue weighted by atomic mass is 15.3. The van der Waals surface area contributed by atoms with Crippen molar-refractivity contribution in [2.24, 2.45) is 5.92 Å². The van der Waals surface area contributed by atoms with Crippen molar-refractivity contribution in [1.82, 2.24) is 15.1 Å². The Hall–Kier alpha value is -0.120. The van der Waals surface area contributed by atoms with Crippen LogP contribution in [0.15, 0.2) is 0 Å². The summed E-state index contributed by atoms with van der Waals surface area (Å²) in [6, 6.07) is 1.41. The largest absolute Gasteiger partial charge is 0.312 e. The second-order valence-corrected chi connectivity index (χ2v) is 5.57. The van der Waals surface area contributed by atoms with Crippen LogP contribution in [-0.2, 0) is 0 Å². The first-order chi connectivity index (χ1) is 7.70. The van der Waals surface area contributed by atoms with Gasteiger partial charge in [-0.05, 0) is 12.8 Å². The van der Waals surface area contributed by atoms with Crippen LogP contribution in [0.5, 0.6) is 0 Å². The lowest BCUT2D eigenvalue weighted by molar-refractivity contribution is 0.0122. The highest BCUT2D eigenvalue weighted by molar-refractivity contribution is 4.89. The van der Waals surface area contributed by atoms with E-state index in [0.29, 0.717) is 6.04 Å².